The van der Waals surface area contributed by atoms with E-state index in [0.717, 1.165) is 19.5 Å². The summed E-state index contributed by atoms with van der Waals surface area (Å²) in [6.07, 6.45) is 1.16. The first-order valence-electron chi connectivity index (χ1n) is 5.30. The summed E-state index contributed by atoms with van der Waals surface area (Å²) < 4.78 is 6.43. The van der Waals surface area contributed by atoms with Gasteiger partial charge in [0.05, 0.1) is 9.89 Å². The molecule has 16 heavy (non-hydrogen) atoms. The van der Waals surface area contributed by atoms with Gasteiger partial charge in [-0.15, -0.1) is 11.3 Å². The molecular weight excluding hydrogens is 288 g/mol. The zero-order valence-corrected chi connectivity index (χ0v) is 12.2. The lowest BCUT2D eigenvalue weighted by Gasteiger charge is -2.19. The number of halogens is 1. The van der Waals surface area contributed by atoms with E-state index in [0.29, 0.717) is 6.54 Å². The van der Waals surface area contributed by atoms with Crippen molar-refractivity contribution in [3.8, 4) is 0 Å². The van der Waals surface area contributed by atoms with Gasteiger partial charge in [0.2, 0.25) is 0 Å². The Hall–Kier alpha value is 0.0600. The van der Waals surface area contributed by atoms with Crippen LogP contribution in [0.1, 0.15) is 12.0 Å². The van der Waals surface area contributed by atoms with Gasteiger partial charge in [0.25, 0.3) is 0 Å². The van der Waals surface area contributed by atoms with Gasteiger partial charge in [0, 0.05) is 26.7 Å². The second-order valence-corrected chi connectivity index (χ2v) is 6.17. The van der Waals surface area contributed by atoms with Gasteiger partial charge >= 0.3 is 0 Å². The molecule has 1 atom stereocenters. The number of rotatable bonds is 7. The molecule has 0 aliphatic carbocycles. The van der Waals surface area contributed by atoms with E-state index in [2.05, 4.69) is 39.3 Å². The predicted molar refractivity (Wildman–Crippen MR) is 72.8 cm³/mol. The summed E-state index contributed by atoms with van der Waals surface area (Å²) in [6, 6.07) is 2.16. The summed E-state index contributed by atoms with van der Waals surface area (Å²) in [6.45, 7) is 2.57. The Morgan fingerprint density at radius 3 is 2.88 bits per heavy atom. The molecule has 1 unspecified atom stereocenters. The zero-order chi connectivity index (χ0) is 12.0. The Balaban J connectivity index is 2.27. The van der Waals surface area contributed by atoms with Gasteiger partial charge in [-0.1, -0.05) is 0 Å². The predicted octanol–water partition coefficient (Wildman–Crippen LogP) is 2.31. The van der Waals surface area contributed by atoms with E-state index < -0.39 is 0 Å². The van der Waals surface area contributed by atoms with Crippen molar-refractivity contribution in [2.45, 2.75) is 19.1 Å². The highest BCUT2D eigenvalue weighted by atomic mass is 79.9. The van der Waals surface area contributed by atoms with Crippen LogP contribution in [0.15, 0.2) is 15.2 Å². The van der Waals surface area contributed by atoms with Crippen LogP contribution in [0.4, 0.5) is 0 Å². The third kappa shape index (κ3) is 4.93. The molecule has 0 aliphatic heterocycles. The number of hydrogen-bond donors (Lipinski definition) is 1. The first-order valence-corrected chi connectivity index (χ1v) is 6.97. The normalized spacial score (nSPS) is 13.3. The van der Waals surface area contributed by atoms with Crippen molar-refractivity contribution in [1.29, 1.82) is 0 Å². The van der Waals surface area contributed by atoms with Gasteiger partial charge in [0.1, 0.15) is 0 Å². The lowest BCUT2D eigenvalue weighted by atomic mass is 10.2. The van der Waals surface area contributed by atoms with Gasteiger partial charge in [0.15, 0.2) is 0 Å². The lowest BCUT2D eigenvalue weighted by Crippen LogP contribution is -2.28. The summed E-state index contributed by atoms with van der Waals surface area (Å²) in [4.78, 5) is 2.29. The molecule has 0 saturated carbocycles. The smallest absolute Gasteiger partial charge is 0.0705 e. The third-order valence-corrected chi connectivity index (χ3v) is 4.06. The highest BCUT2D eigenvalue weighted by molar-refractivity contribution is 9.11. The van der Waals surface area contributed by atoms with Crippen molar-refractivity contribution in [3.05, 3.63) is 20.8 Å². The lowest BCUT2D eigenvalue weighted by molar-refractivity contribution is 0.0919. The number of methoxy groups -OCH3 is 1. The topological polar surface area (TPSA) is 38.5 Å². The molecule has 0 amide bonds. The number of ether oxygens (including phenoxy) is 1. The van der Waals surface area contributed by atoms with Crippen LogP contribution < -0.4 is 5.73 Å². The molecule has 0 aromatic carbocycles. The molecule has 0 aliphatic rings. The number of nitrogens with zero attached hydrogens (tertiary/aromatic N) is 1. The molecule has 1 rings (SSSR count). The zero-order valence-electron chi connectivity index (χ0n) is 9.78. The van der Waals surface area contributed by atoms with Crippen LogP contribution in [-0.2, 0) is 11.3 Å². The second-order valence-electron chi connectivity index (χ2n) is 3.88. The van der Waals surface area contributed by atoms with Crippen molar-refractivity contribution in [2.24, 2.45) is 5.73 Å². The molecule has 5 heteroatoms. The van der Waals surface area contributed by atoms with E-state index in [4.69, 9.17) is 10.5 Å². The molecule has 0 bridgehead atoms. The van der Waals surface area contributed by atoms with E-state index in [1.807, 2.05) is 0 Å². The molecule has 2 N–H and O–H groups in total. The summed E-state index contributed by atoms with van der Waals surface area (Å²) >= 11 is 5.20. The summed E-state index contributed by atoms with van der Waals surface area (Å²) in [5, 5.41) is 2.18. The average molecular weight is 307 g/mol. The fraction of sp³-hybridized carbons (Fsp3) is 0.636. The molecule has 0 radical (unpaired) electrons. The Morgan fingerprint density at radius 2 is 2.38 bits per heavy atom. The molecule has 3 nitrogen and oxygen atoms in total. The monoisotopic (exact) mass is 306 g/mol. The van der Waals surface area contributed by atoms with E-state index in [-0.39, 0.29) is 6.10 Å². The van der Waals surface area contributed by atoms with Crippen molar-refractivity contribution < 1.29 is 4.74 Å². The van der Waals surface area contributed by atoms with Gasteiger partial charge in [-0.25, -0.2) is 0 Å². The fourth-order valence-corrected chi connectivity index (χ4v) is 2.72. The van der Waals surface area contributed by atoms with E-state index >= 15 is 0 Å². The first kappa shape index (κ1) is 14.1. The number of hydrogen-bond acceptors (Lipinski definition) is 4. The Kier molecular flexibility index (Phi) is 6.53. The molecule has 1 aromatic heterocycles. The van der Waals surface area contributed by atoms with Crippen molar-refractivity contribution in [1.82, 2.24) is 4.90 Å². The minimum absolute atomic E-state index is 0.177. The highest BCUT2D eigenvalue weighted by Crippen LogP contribution is 2.21. The van der Waals surface area contributed by atoms with Crippen LogP contribution in [0.3, 0.4) is 0 Å². The Labute approximate surface area is 110 Å². The van der Waals surface area contributed by atoms with Crippen molar-refractivity contribution in [2.75, 3.05) is 27.2 Å². The highest BCUT2D eigenvalue weighted by Gasteiger charge is 2.07. The van der Waals surface area contributed by atoms with E-state index in [1.165, 1.54) is 9.35 Å². The standard InChI is InChI=1S/C11H19BrN2OS/c1-14(4-3-10(6-13)15-2)7-9-5-11(12)16-8-9/h5,8,10H,3-4,6-7,13H2,1-2H3. The minimum atomic E-state index is 0.177. The van der Waals surface area contributed by atoms with Crippen LogP contribution in [0, 0.1) is 0 Å². The number of thiophene rings is 1. The third-order valence-electron chi connectivity index (χ3n) is 2.50. The van der Waals surface area contributed by atoms with Crippen LogP contribution in [0.2, 0.25) is 0 Å². The van der Waals surface area contributed by atoms with Gasteiger partial charge < -0.3 is 15.4 Å². The van der Waals surface area contributed by atoms with Crippen LogP contribution >= 0.6 is 27.3 Å². The number of nitrogens with two attached hydrogens (primary N) is 1. The molecule has 0 spiro atoms. The fourth-order valence-electron chi connectivity index (χ4n) is 1.52. The second kappa shape index (κ2) is 7.40. The minimum Gasteiger partial charge on any atom is -0.380 e. The Bertz CT molecular complexity index is 302. The molecule has 92 valence electrons. The average Bonchev–Trinajstić information content (AvgIpc) is 2.65. The van der Waals surface area contributed by atoms with E-state index in [1.54, 1.807) is 18.4 Å². The first-order chi connectivity index (χ1) is 7.65. The summed E-state index contributed by atoms with van der Waals surface area (Å²) in [7, 11) is 3.84. The Morgan fingerprint density at radius 1 is 1.62 bits per heavy atom. The SMILES string of the molecule is COC(CN)CCN(C)Cc1csc(Br)c1. The summed E-state index contributed by atoms with van der Waals surface area (Å²) in [5.41, 5.74) is 6.93. The van der Waals surface area contributed by atoms with E-state index in [9.17, 15) is 0 Å². The maximum atomic E-state index is 5.58. The molecule has 0 saturated heterocycles. The van der Waals surface area contributed by atoms with Crippen molar-refractivity contribution in [3.63, 3.8) is 0 Å². The van der Waals surface area contributed by atoms with Gasteiger partial charge in [-0.2, -0.15) is 0 Å². The van der Waals surface area contributed by atoms with Gasteiger partial charge in [-0.05, 0) is 46.4 Å². The maximum Gasteiger partial charge on any atom is 0.0705 e. The van der Waals surface area contributed by atoms with Crippen LogP contribution in [0.5, 0.6) is 0 Å². The molecule has 1 heterocycles. The van der Waals surface area contributed by atoms with Gasteiger partial charge in [-0.3, -0.25) is 0 Å². The quantitative estimate of drug-likeness (QED) is 0.840. The molecule has 1 aromatic rings. The van der Waals surface area contributed by atoms with Crippen LogP contribution in [-0.4, -0.2) is 38.3 Å². The largest absolute Gasteiger partial charge is 0.380 e. The van der Waals surface area contributed by atoms with Crippen LogP contribution in [0.25, 0.3) is 0 Å². The molecule has 0 fully saturated rings. The molecular formula is C11H19BrN2OS. The summed E-state index contributed by atoms with van der Waals surface area (Å²) in [5.74, 6) is 0. The van der Waals surface area contributed by atoms with Crippen molar-refractivity contribution >= 4 is 27.3 Å². The maximum absolute atomic E-state index is 5.58.